The van der Waals surface area contributed by atoms with Crippen LogP contribution in [0.15, 0.2) is 36.4 Å². The van der Waals surface area contributed by atoms with Crippen LogP contribution in [0.1, 0.15) is 11.3 Å². The second-order valence-electron chi connectivity index (χ2n) is 4.69. The van der Waals surface area contributed by atoms with E-state index < -0.39 is 0 Å². The molecule has 3 nitrogen and oxygen atoms in total. The van der Waals surface area contributed by atoms with E-state index in [1.165, 1.54) is 6.07 Å². The molecular formula is C15H14FN3. The van der Waals surface area contributed by atoms with Gasteiger partial charge in [-0.05, 0) is 43.7 Å². The number of benzene rings is 1. The Labute approximate surface area is 110 Å². The van der Waals surface area contributed by atoms with Crippen LogP contribution >= 0.6 is 0 Å². The van der Waals surface area contributed by atoms with Crippen molar-refractivity contribution in [2.75, 3.05) is 5.73 Å². The predicted molar refractivity (Wildman–Crippen MR) is 74.5 cm³/mol. The van der Waals surface area contributed by atoms with Crippen molar-refractivity contribution < 1.29 is 4.39 Å². The van der Waals surface area contributed by atoms with E-state index in [-0.39, 0.29) is 5.82 Å². The molecule has 4 heteroatoms. The monoisotopic (exact) mass is 255 g/mol. The number of nitrogens with zero attached hydrogens (tertiary/aromatic N) is 2. The van der Waals surface area contributed by atoms with Crippen LogP contribution in [0.25, 0.3) is 16.9 Å². The van der Waals surface area contributed by atoms with Gasteiger partial charge in [-0.1, -0.05) is 12.1 Å². The molecule has 0 aliphatic rings. The lowest BCUT2D eigenvalue weighted by Gasteiger charge is -2.04. The van der Waals surface area contributed by atoms with Crippen LogP contribution in [0.4, 0.5) is 10.2 Å². The van der Waals surface area contributed by atoms with Crippen molar-refractivity contribution in [3.8, 4) is 11.3 Å². The van der Waals surface area contributed by atoms with Crippen molar-refractivity contribution in [3.05, 3.63) is 53.5 Å². The summed E-state index contributed by atoms with van der Waals surface area (Å²) in [4.78, 5) is 4.46. The van der Waals surface area contributed by atoms with Crippen LogP contribution in [0, 0.1) is 19.7 Å². The Bertz CT molecular complexity index is 774. The molecule has 2 heterocycles. The molecular weight excluding hydrogens is 241 g/mol. The van der Waals surface area contributed by atoms with Gasteiger partial charge in [0.25, 0.3) is 0 Å². The topological polar surface area (TPSA) is 43.3 Å². The average molecular weight is 255 g/mol. The van der Waals surface area contributed by atoms with Gasteiger partial charge in [-0.3, -0.25) is 4.40 Å². The number of nitrogens with two attached hydrogens (primary N) is 1. The first-order chi connectivity index (χ1) is 9.08. The van der Waals surface area contributed by atoms with Gasteiger partial charge in [0.1, 0.15) is 23.0 Å². The number of pyridine rings is 1. The van der Waals surface area contributed by atoms with Gasteiger partial charge >= 0.3 is 0 Å². The Morgan fingerprint density at radius 1 is 1.16 bits per heavy atom. The second kappa shape index (κ2) is 4.09. The summed E-state index contributed by atoms with van der Waals surface area (Å²) < 4.78 is 15.7. The van der Waals surface area contributed by atoms with Gasteiger partial charge in [0.2, 0.25) is 0 Å². The lowest BCUT2D eigenvalue weighted by molar-refractivity contribution is 0.631. The molecule has 0 aliphatic carbocycles. The third-order valence-electron chi connectivity index (χ3n) is 3.21. The highest BCUT2D eigenvalue weighted by Crippen LogP contribution is 2.29. The summed E-state index contributed by atoms with van der Waals surface area (Å²) in [7, 11) is 0. The number of aryl methyl sites for hydroxylation is 2. The molecule has 0 saturated heterocycles. The molecule has 0 spiro atoms. The van der Waals surface area contributed by atoms with E-state index in [9.17, 15) is 4.39 Å². The van der Waals surface area contributed by atoms with Gasteiger partial charge in [0, 0.05) is 11.3 Å². The summed E-state index contributed by atoms with van der Waals surface area (Å²) in [5.41, 5.74) is 9.89. The van der Waals surface area contributed by atoms with Crippen molar-refractivity contribution in [1.82, 2.24) is 9.38 Å². The largest absolute Gasteiger partial charge is 0.383 e. The van der Waals surface area contributed by atoms with E-state index in [4.69, 9.17) is 5.73 Å². The molecule has 3 rings (SSSR count). The number of nitrogen functional groups attached to an aromatic ring is 1. The molecule has 0 aliphatic heterocycles. The molecule has 0 fully saturated rings. The Hall–Kier alpha value is -2.36. The molecule has 2 aromatic heterocycles. The van der Waals surface area contributed by atoms with Gasteiger partial charge < -0.3 is 5.73 Å². The second-order valence-corrected chi connectivity index (χ2v) is 4.69. The van der Waals surface area contributed by atoms with Crippen LogP contribution in [0.2, 0.25) is 0 Å². The lowest BCUT2D eigenvalue weighted by atomic mass is 10.1. The number of anilines is 1. The number of halogens is 1. The molecule has 0 atom stereocenters. The molecule has 0 amide bonds. The fourth-order valence-electron chi connectivity index (χ4n) is 2.41. The molecule has 1 aromatic carbocycles. The maximum atomic E-state index is 13.9. The van der Waals surface area contributed by atoms with Crippen LogP contribution in [0.3, 0.4) is 0 Å². The summed E-state index contributed by atoms with van der Waals surface area (Å²) in [6.07, 6.45) is 0. The third-order valence-corrected chi connectivity index (χ3v) is 3.21. The minimum atomic E-state index is -0.313. The van der Waals surface area contributed by atoms with Gasteiger partial charge in [0.15, 0.2) is 0 Å². The Kier molecular flexibility index (Phi) is 2.52. The normalized spacial score (nSPS) is 11.1. The zero-order valence-electron chi connectivity index (χ0n) is 10.8. The summed E-state index contributed by atoms with van der Waals surface area (Å²) in [6.45, 7) is 3.96. The molecule has 0 saturated carbocycles. The van der Waals surface area contributed by atoms with Crippen molar-refractivity contribution in [2.45, 2.75) is 13.8 Å². The minimum absolute atomic E-state index is 0.313. The van der Waals surface area contributed by atoms with Gasteiger partial charge in [-0.15, -0.1) is 0 Å². The van der Waals surface area contributed by atoms with Crippen molar-refractivity contribution in [2.24, 2.45) is 0 Å². The molecule has 0 radical (unpaired) electrons. The number of fused-ring (bicyclic) bond motifs is 1. The Balaban J connectivity index is 2.35. The molecule has 3 aromatic rings. The average Bonchev–Trinajstić information content (AvgIpc) is 2.67. The van der Waals surface area contributed by atoms with Crippen molar-refractivity contribution in [3.63, 3.8) is 0 Å². The van der Waals surface area contributed by atoms with Crippen LogP contribution < -0.4 is 5.73 Å². The Morgan fingerprint density at radius 2 is 1.89 bits per heavy atom. The SMILES string of the molecule is Cc1cc(C)n2c(N)c(-c3ccccc3F)nc2c1. The quantitative estimate of drug-likeness (QED) is 0.724. The van der Waals surface area contributed by atoms with Gasteiger partial charge in [-0.2, -0.15) is 0 Å². The number of hydrogen-bond donors (Lipinski definition) is 1. The molecule has 0 bridgehead atoms. The molecule has 2 N–H and O–H groups in total. The zero-order chi connectivity index (χ0) is 13.6. The van der Waals surface area contributed by atoms with Crippen LogP contribution in [-0.2, 0) is 0 Å². The van der Waals surface area contributed by atoms with E-state index in [1.54, 1.807) is 18.2 Å². The first-order valence-electron chi connectivity index (χ1n) is 6.08. The number of rotatable bonds is 1. The summed E-state index contributed by atoms with van der Waals surface area (Å²) in [6, 6.07) is 10.5. The maximum absolute atomic E-state index is 13.9. The first kappa shape index (κ1) is 11.7. The predicted octanol–water partition coefficient (Wildman–Crippen LogP) is 3.34. The van der Waals surface area contributed by atoms with E-state index in [0.717, 1.165) is 16.9 Å². The fraction of sp³-hybridized carbons (Fsp3) is 0.133. The van der Waals surface area contributed by atoms with E-state index in [1.807, 2.05) is 30.4 Å². The third kappa shape index (κ3) is 1.76. The highest BCUT2D eigenvalue weighted by Gasteiger charge is 2.15. The first-order valence-corrected chi connectivity index (χ1v) is 6.08. The van der Waals surface area contributed by atoms with E-state index in [2.05, 4.69) is 4.98 Å². The van der Waals surface area contributed by atoms with Gasteiger partial charge in [0.05, 0.1) is 0 Å². The van der Waals surface area contributed by atoms with Crippen LogP contribution in [0.5, 0.6) is 0 Å². The molecule has 0 unspecified atom stereocenters. The van der Waals surface area contributed by atoms with Crippen molar-refractivity contribution in [1.29, 1.82) is 0 Å². The van der Waals surface area contributed by atoms with Gasteiger partial charge in [-0.25, -0.2) is 9.37 Å². The highest BCUT2D eigenvalue weighted by molar-refractivity contribution is 5.75. The summed E-state index contributed by atoms with van der Waals surface area (Å²) in [5, 5.41) is 0. The van der Waals surface area contributed by atoms with E-state index in [0.29, 0.717) is 17.1 Å². The number of hydrogen-bond acceptors (Lipinski definition) is 2. The lowest BCUT2D eigenvalue weighted by Crippen LogP contribution is -1.98. The van der Waals surface area contributed by atoms with Crippen LogP contribution in [-0.4, -0.2) is 9.38 Å². The maximum Gasteiger partial charge on any atom is 0.139 e. The summed E-state index contributed by atoms with van der Waals surface area (Å²) >= 11 is 0. The standard InChI is InChI=1S/C15H14FN3/c1-9-7-10(2)19-13(8-9)18-14(15(19)17)11-5-3-4-6-12(11)16/h3-8H,17H2,1-2H3. The summed E-state index contributed by atoms with van der Waals surface area (Å²) in [5.74, 6) is 0.157. The molecule has 19 heavy (non-hydrogen) atoms. The zero-order valence-corrected chi connectivity index (χ0v) is 10.8. The smallest absolute Gasteiger partial charge is 0.139 e. The minimum Gasteiger partial charge on any atom is -0.383 e. The van der Waals surface area contributed by atoms with E-state index >= 15 is 0 Å². The fourth-order valence-corrected chi connectivity index (χ4v) is 2.41. The van der Waals surface area contributed by atoms with Crippen molar-refractivity contribution >= 4 is 11.5 Å². The Morgan fingerprint density at radius 3 is 2.63 bits per heavy atom. The molecule has 96 valence electrons. The number of aromatic nitrogens is 2. The highest BCUT2D eigenvalue weighted by atomic mass is 19.1. The number of imidazole rings is 1.